The van der Waals surface area contributed by atoms with Gasteiger partial charge < -0.3 is 0 Å². The Morgan fingerprint density at radius 2 is 2.11 bits per heavy atom. The van der Waals surface area contributed by atoms with Crippen molar-refractivity contribution in [2.75, 3.05) is 0 Å². The van der Waals surface area contributed by atoms with E-state index < -0.39 is 0 Å². The highest BCUT2D eigenvalue weighted by molar-refractivity contribution is 7.15. The molecule has 1 heterocycles. The van der Waals surface area contributed by atoms with E-state index in [-0.39, 0.29) is 5.82 Å². The second-order valence-electron chi connectivity index (χ2n) is 4.52. The van der Waals surface area contributed by atoms with Crippen molar-refractivity contribution >= 4 is 17.6 Å². The summed E-state index contributed by atoms with van der Waals surface area (Å²) in [7, 11) is 0. The maximum atomic E-state index is 13.7. The summed E-state index contributed by atoms with van der Waals surface area (Å²) in [5.74, 6) is 0.136. The fourth-order valence-electron chi connectivity index (χ4n) is 1.72. The Kier molecular flexibility index (Phi) is 3.87. The summed E-state index contributed by atoms with van der Waals surface area (Å²) < 4.78 is 13.7. The maximum absolute atomic E-state index is 13.7. The molecule has 2 aromatic rings. The van der Waals surface area contributed by atoms with Crippen LogP contribution in [0.4, 0.5) is 4.39 Å². The van der Waals surface area contributed by atoms with Crippen LogP contribution in [0.25, 0.3) is 10.6 Å². The molecule has 2 nitrogen and oxygen atoms in total. The predicted molar refractivity (Wildman–Crippen MR) is 71.4 cm³/mol. The molecule has 0 aliphatic rings. The predicted octanol–water partition coefficient (Wildman–Crippen LogP) is 3.96. The van der Waals surface area contributed by atoms with E-state index in [0.29, 0.717) is 22.2 Å². The van der Waals surface area contributed by atoms with Crippen LogP contribution in [0.15, 0.2) is 24.3 Å². The lowest BCUT2D eigenvalue weighted by atomic mass is 10.1. The first-order valence-corrected chi connectivity index (χ1v) is 6.63. The van der Waals surface area contributed by atoms with Crippen LogP contribution in [0.2, 0.25) is 0 Å². The number of hydrogen-bond acceptors (Lipinski definition) is 3. The molecule has 94 valence electrons. The Morgan fingerprint density at radius 3 is 2.72 bits per heavy atom. The van der Waals surface area contributed by atoms with Gasteiger partial charge in [0.2, 0.25) is 0 Å². The Hall–Kier alpha value is -1.55. The van der Waals surface area contributed by atoms with Crippen LogP contribution < -0.4 is 0 Å². The molecule has 0 atom stereocenters. The third-order valence-electron chi connectivity index (χ3n) is 2.54. The smallest absolute Gasteiger partial charge is 0.169 e. The molecule has 0 unspecified atom stereocenters. The highest BCUT2D eigenvalue weighted by atomic mass is 32.1. The molecule has 0 bridgehead atoms. The third-order valence-corrected chi connectivity index (χ3v) is 3.66. The Bertz CT molecular complexity index is 563. The normalized spacial score (nSPS) is 10.9. The van der Waals surface area contributed by atoms with E-state index in [1.807, 2.05) is 0 Å². The number of carbonyl (C=O) groups excluding carboxylic acids is 1. The first kappa shape index (κ1) is 12.9. The number of halogens is 1. The van der Waals surface area contributed by atoms with Gasteiger partial charge in [-0.2, -0.15) is 0 Å². The number of hydrogen-bond donors (Lipinski definition) is 0. The molecule has 2 rings (SSSR count). The number of thiazole rings is 1. The number of aromatic nitrogens is 1. The molecular formula is C14H14FNOS. The average Bonchev–Trinajstić information content (AvgIpc) is 2.71. The minimum Gasteiger partial charge on any atom is -0.296 e. The lowest BCUT2D eigenvalue weighted by Gasteiger charge is -2.00. The van der Waals surface area contributed by atoms with Gasteiger partial charge in [-0.3, -0.25) is 4.79 Å². The van der Waals surface area contributed by atoms with Gasteiger partial charge in [0.1, 0.15) is 16.5 Å². The van der Waals surface area contributed by atoms with E-state index in [2.05, 4.69) is 18.8 Å². The van der Waals surface area contributed by atoms with Gasteiger partial charge in [-0.05, 0) is 24.5 Å². The average molecular weight is 263 g/mol. The van der Waals surface area contributed by atoms with Crippen molar-refractivity contribution < 1.29 is 9.18 Å². The zero-order chi connectivity index (χ0) is 13.1. The Balaban J connectivity index is 2.44. The molecule has 0 saturated heterocycles. The van der Waals surface area contributed by atoms with Crippen molar-refractivity contribution in [3.63, 3.8) is 0 Å². The van der Waals surface area contributed by atoms with Gasteiger partial charge in [0, 0.05) is 10.4 Å². The van der Waals surface area contributed by atoms with Crippen LogP contribution in [-0.2, 0) is 6.42 Å². The van der Waals surface area contributed by atoms with Crippen molar-refractivity contribution in [3.8, 4) is 10.6 Å². The van der Waals surface area contributed by atoms with E-state index in [1.54, 1.807) is 18.2 Å². The fourth-order valence-corrected chi connectivity index (χ4v) is 2.99. The Morgan fingerprint density at radius 1 is 1.39 bits per heavy atom. The molecule has 4 heteroatoms. The minimum absolute atomic E-state index is 0.306. The molecule has 1 aromatic carbocycles. The number of aldehydes is 1. The molecule has 0 radical (unpaired) electrons. The van der Waals surface area contributed by atoms with Crippen LogP contribution in [0.1, 0.15) is 29.2 Å². The zero-order valence-electron chi connectivity index (χ0n) is 10.3. The lowest BCUT2D eigenvalue weighted by Crippen LogP contribution is -1.95. The molecule has 1 aromatic heterocycles. The van der Waals surface area contributed by atoms with E-state index in [1.165, 1.54) is 17.4 Å². The number of nitrogens with zero attached hydrogens (tertiary/aromatic N) is 1. The summed E-state index contributed by atoms with van der Waals surface area (Å²) >= 11 is 1.40. The van der Waals surface area contributed by atoms with Crippen molar-refractivity contribution in [1.82, 2.24) is 4.98 Å². The van der Waals surface area contributed by atoms with Gasteiger partial charge in [-0.25, -0.2) is 9.37 Å². The largest absolute Gasteiger partial charge is 0.296 e. The first-order valence-electron chi connectivity index (χ1n) is 5.81. The van der Waals surface area contributed by atoms with Gasteiger partial charge in [0.05, 0.1) is 0 Å². The molecule has 0 amide bonds. The summed E-state index contributed by atoms with van der Waals surface area (Å²) in [6.07, 6.45) is 1.54. The highest BCUT2D eigenvalue weighted by Crippen LogP contribution is 2.30. The molecule has 0 fully saturated rings. The molecule has 0 N–H and O–H groups in total. The van der Waals surface area contributed by atoms with Gasteiger partial charge in [-0.1, -0.05) is 26.0 Å². The van der Waals surface area contributed by atoms with Crippen LogP contribution in [0.3, 0.4) is 0 Å². The van der Waals surface area contributed by atoms with Gasteiger partial charge in [0.15, 0.2) is 6.29 Å². The van der Waals surface area contributed by atoms with Gasteiger partial charge in [-0.15, -0.1) is 11.3 Å². The monoisotopic (exact) mass is 263 g/mol. The molecular weight excluding hydrogens is 249 g/mol. The summed E-state index contributed by atoms with van der Waals surface area (Å²) in [4.78, 5) is 16.1. The van der Waals surface area contributed by atoms with Crippen molar-refractivity contribution in [1.29, 1.82) is 0 Å². The van der Waals surface area contributed by atoms with Crippen molar-refractivity contribution in [3.05, 3.63) is 40.7 Å². The highest BCUT2D eigenvalue weighted by Gasteiger charge is 2.15. The number of rotatable bonds is 4. The van der Waals surface area contributed by atoms with Crippen LogP contribution in [0.5, 0.6) is 0 Å². The second-order valence-corrected chi connectivity index (χ2v) is 5.61. The summed E-state index contributed by atoms with van der Waals surface area (Å²) in [6.45, 7) is 4.16. The topological polar surface area (TPSA) is 30.0 Å². The van der Waals surface area contributed by atoms with Crippen LogP contribution >= 0.6 is 11.3 Å². The van der Waals surface area contributed by atoms with Gasteiger partial charge >= 0.3 is 0 Å². The third kappa shape index (κ3) is 2.64. The quantitative estimate of drug-likeness (QED) is 0.781. The molecule has 0 aliphatic heterocycles. The molecule has 18 heavy (non-hydrogen) atoms. The summed E-state index contributed by atoms with van der Waals surface area (Å²) in [6, 6.07) is 6.49. The molecule has 0 saturated carbocycles. The molecule has 0 spiro atoms. The van der Waals surface area contributed by atoms with E-state index in [9.17, 15) is 9.18 Å². The number of benzene rings is 1. The van der Waals surface area contributed by atoms with E-state index in [0.717, 1.165) is 17.6 Å². The standard InChI is InChI=1S/C14H14FNOS/c1-9(2)7-13-12(8-17)16-14(18-13)10-5-3-4-6-11(10)15/h3-6,8-9H,7H2,1-2H3. The fraction of sp³-hybridized carbons (Fsp3) is 0.286. The zero-order valence-corrected chi connectivity index (χ0v) is 11.1. The van der Waals surface area contributed by atoms with Crippen molar-refractivity contribution in [2.24, 2.45) is 5.92 Å². The van der Waals surface area contributed by atoms with Gasteiger partial charge in [0.25, 0.3) is 0 Å². The Labute approximate surface area is 110 Å². The van der Waals surface area contributed by atoms with E-state index in [4.69, 9.17) is 0 Å². The summed E-state index contributed by atoms with van der Waals surface area (Å²) in [5.41, 5.74) is 0.896. The maximum Gasteiger partial charge on any atom is 0.169 e. The summed E-state index contributed by atoms with van der Waals surface area (Å²) in [5, 5.41) is 0.575. The van der Waals surface area contributed by atoms with Crippen molar-refractivity contribution in [2.45, 2.75) is 20.3 Å². The lowest BCUT2D eigenvalue weighted by molar-refractivity contribution is 0.111. The molecule has 0 aliphatic carbocycles. The van der Waals surface area contributed by atoms with E-state index >= 15 is 0 Å². The first-order chi connectivity index (χ1) is 8.61. The van der Waals surface area contributed by atoms with Crippen LogP contribution in [0, 0.1) is 11.7 Å². The minimum atomic E-state index is -0.306. The second kappa shape index (κ2) is 5.40. The van der Waals surface area contributed by atoms with Crippen LogP contribution in [-0.4, -0.2) is 11.3 Å². The number of carbonyl (C=O) groups is 1. The SMILES string of the molecule is CC(C)Cc1sc(-c2ccccc2F)nc1C=O.